The number of hydrogen-bond acceptors (Lipinski definition) is 3. The van der Waals surface area contributed by atoms with Gasteiger partial charge < -0.3 is 0 Å². The standard InChI is InChI=1S/C15H15ClN2OS/c16-9-10-5-7-11(8-6-10)14(19)18-15-17-12-3-1-2-4-13(12)20-15/h5-8H,1-4,9H2,(H,17,18,19). The summed E-state index contributed by atoms with van der Waals surface area (Å²) in [5.74, 6) is 0.346. The first kappa shape index (κ1) is 13.6. The normalized spacial score (nSPS) is 13.8. The lowest BCUT2D eigenvalue weighted by Crippen LogP contribution is -2.11. The first-order chi connectivity index (χ1) is 9.76. The summed E-state index contributed by atoms with van der Waals surface area (Å²) >= 11 is 7.34. The SMILES string of the molecule is O=C(Nc1nc2c(s1)CCCC2)c1ccc(CCl)cc1. The van der Waals surface area contributed by atoms with Crippen LogP contribution in [0.4, 0.5) is 5.13 Å². The molecule has 104 valence electrons. The van der Waals surface area contributed by atoms with Crippen LogP contribution in [-0.4, -0.2) is 10.9 Å². The van der Waals surface area contributed by atoms with Crippen molar-refractivity contribution in [3.8, 4) is 0 Å². The van der Waals surface area contributed by atoms with Crippen molar-refractivity contribution in [3.63, 3.8) is 0 Å². The van der Waals surface area contributed by atoms with E-state index in [-0.39, 0.29) is 5.91 Å². The van der Waals surface area contributed by atoms with Crippen LogP contribution in [0, 0.1) is 0 Å². The van der Waals surface area contributed by atoms with Crippen molar-refractivity contribution in [2.24, 2.45) is 0 Å². The number of hydrogen-bond donors (Lipinski definition) is 1. The van der Waals surface area contributed by atoms with Gasteiger partial charge >= 0.3 is 0 Å². The largest absolute Gasteiger partial charge is 0.298 e. The van der Waals surface area contributed by atoms with Crippen LogP contribution in [0.2, 0.25) is 0 Å². The smallest absolute Gasteiger partial charge is 0.257 e. The molecule has 2 aromatic rings. The van der Waals surface area contributed by atoms with Gasteiger partial charge in [-0.15, -0.1) is 22.9 Å². The van der Waals surface area contributed by atoms with Crippen molar-refractivity contribution in [2.75, 3.05) is 5.32 Å². The number of halogens is 1. The summed E-state index contributed by atoms with van der Waals surface area (Å²) in [5.41, 5.74) is 2.80. The van der Waals surface area contributed by atoms with Crippen LogP contribution in [0.15, 0.2) is 24.3 Å². The maximum atomic E-state index is 12.1. The minimum atomic E-state index is -0.114. The van der Waals surface area contributed by atoms with E-state index in [1.807, 2.05) is 12.1 Å². The quantitative estimate of drug-likeness (QED) is 0.870. The van der Waals surface area contributed by atoms with Gasteiger partial charge in [-0.1, -0.05) is 12.1 Å². The molecule has 1 aliphatic carbocycles. The molecule has 1 aromatic heterocycles. The number of benzene rings is 1. The number of thiazole rings is 1. The first-order valence-corrected chi connectivity index (χ1v) is 8.06. The molecule has 1 aliphatic rings. The third kappa shape index (κ3) is 2.86. The molecule has 0 atom stereocenters. The van der Waals surface area contributed by atoms with Crippen molar-refractivity contribution in [2.45, 2.75) is 31.6 Å². The molecule has 0 bridgehead atoms. The summed E-state index contributed by atoms with van der Waals surface area (Å²) in [4.78, 5) is 18.0. The Bertz CT molecular complexity index is 598. The van der Waals surface area contributed by atoms with Crippen LogP contribution in [0.25, 0.3) is 0 Å². The Morgan fingerprint density at radius 1 is 1.25 bits per heavy atom. The number of nitrogens with one attached hydrogen (secondary N) is 1. The molecule has 1 amide bonds. The summed E-state index contributed by atoms with van der Waals surface area (Å²) in [6.45, 7) is 0. The van der Waals surface area contributed by atoms with Gasteiger partial charge in [0.05, 0.1) is 5.69 Å². The summed E-state index contributed by atoms with van der Waals surface area (Å²) in [6, 6.07) is 7.32. The van der Waals surface area contributed by atoms with E-state index in [0.717, 1.165) is 24.1 Å². The average Bonchev–Trinajstić information content (AvgIpc) is 2.89. The zero-order chi connectivity index (χ0) is 13.9. The Hall–Kier alpha value is -1.39. The third-order valence-electron chi connectivity index (χ3n) is 3.44. The van der Waals surface area contributed by atoms with E-state index >= 15 is 0 Å². The zero-order valence-corrected chi connectivity index (χ0v) is 12.6. The molecule has 1 heterocycles. The molecule has 5 heteroatoms. The highest BCUT2D eigenvalue weighted by Crippen LogP contribution is 2.29. The average molecular weight is 307 g/mol. The number of anilines is 1. The number of fused-ring (bicyclic) bond motifs is 1. The van der Waals surface area contributed by atoms with Crippen LogP contribution in [0.1, 0.15) is 39.3 Å². The van der Waals surface area contributed by atoms with Crippen molar-refractivity contribution < 1.29 is 4.79 Å². The minimum Gasteiger partial charge on any atom is -0.298 e. The summed E-state index contributed by atoms with van der Waals surface area (Å²) in [5, 5.41) is 3.60. The van der Waals surface area contributed by atoms with Gasteiger partial charge in [0, 0.05) is 16.3 Å². The second-order valence-electron chi connectivity index (χ2n) is 4.88. The van der Waals surface area contributed by atoms with E-state index < -0.39 is 0 Å². The Kier molecular flexibility index (Phi) is 4.03. The van der Waals surface area contributed by atoms with Gasteiger partial charge in [-0.05, 0) is 43.4 Å². The minimum absolute atomic E-state index is 0.114. The maximum absolute atomic E-state index is 12.1. The van der Waals surface area contributed by atoms with E-state index in [2.05, 4.69) is 10.3 Å². The number of amides is 1. The topological polar surface area (TPSA) is 42.0 Å². The molecular formula is C15H15ClN2OS. The molecule has 0 unspecified atom stereocenters. The lowest BCUT2D eigenvalue weighted by molar-refractivity contribution is 0.102. The fraction of sp³-hybridized carbons (Fsp3) is 0.333. The van der Waals surface area contributed by atoms with Crippen molar-refractivity contribution in [3.05, 3.63) is 46.0 Å². The summed E-state index contributed by atoms with van der Waals surface area (Å²) in [7, 11) is 0. The fourth-order valence-corrected chi connectivity index (χ4v) is 3.54. The number of nitrogens with zero attached hydrogens (tertiary/aromatic N) is 1. The van der Waals surface area contributed by atoms with Gasteiger partial charge in [-0.3, -0.25) is 10.1 Å². The maximum Gasteiger partial charge on any atom is 0.257 e. The Morgan fingerprint density at radius 3 is 2.70 bits per heavy atom. The van der Waals surface area contributed by atoms with Gasteiger partial charge in [-0.25, -0.2) is 4.98 Å². The lowest BCUT2D eigenvalue weighted by Gasteiger charge is -2.06. The lowest BCUT2D eigenvalue weighted by atomic mass is 10.0. The predicted octanol–water partition coefficient (Wildman–Crippen LogP) is 4.01. The molecule has 0 radical (unpaired) electrons. The van der Waals surface area contributed by atoms with E-state index in [1.165, 1.54) is 17.7 Å². The molecule has 0 saturated heterocycles. The van der Waals surface area contributed by atoms with Gasteiger partial charge in [0.2, 0.25) is 0 Å². The van der Waals surface area contributed by atoms with Crippen molar-refractivity contribution in [1.29, 1.82) is 0 Å². The highest BCUT2D eigenvalue weighted by molar-refractivity contribution is 7.15. The first-order valence-electron chi connectivity index (χ1n) is 6.71. The molecule has 20 heavy (non-hydrogen) atoms. The monoisotopic (exact) mass is 306 g/mol. The Morgan fingerprint density at radius 2 is 2.00 bits per heavy atom. The molecule has 1 aromatic carbocycles. The van der Waals surface area contributed by atoms with Crippen LogP contribution in [0.5, 0.6) is 0 Å². The highest BCUT2D eigenvalue weighted by Gasteiger charge is 2.16. The number of aromatic nitrogens is 1. The number of rotatable bonds is 3. The number of alkyl halides is 1. The molecular weight excluding hydrogens is 292 g/mol. The highest BCUT2D eigenvalue weighted by atomic mass is 35.5. The number of carbonyl (C=O) groups excluding carboxylic acids is 1. The van der Waals surface area contributed by atoms with Gasteiger partial charge in [-0.2, -0.15) is 0 Å². The Labute approximate surface area is 127 Å². The molecule has 1 N–H and O–H groups in total. The zero-order valence-electron chi connectivity index (χ0n) is 11.0. The van der Waals surface area contributed by atoms with E-state index in [1.54, 1.807) is 23.5 Å². The van der Waals surface area contributed by atoms with Gasteiger partial charge in [0.15, 0.2) is 5.13 Å². The molecule has 0 fully saturated rings. The van der Waals surface area contributed by atoms with Crippen LogP contribution >= 0.6 is 22.9 Å². The van der Waals surface area contributed by atoms with Gasteiger partial charge in [0.1, 0.15) is 0 Å². The molecule has 0 spiro atoms. The number of carbonyl (C=O) groups is 1. The molecule has 0 saturated carbocycles. The second-order valence-corrected chi connectivity index (χ2v) is 6.23. The fourth-order valence-electron chi connectivity index (χ4n) is 2.32. The van der Waals surface area contributed by atoms with E-state index in [4.69, 9.17) is 11.6 Å². The van der Waals surface area contributed by atoms with Crippen LogP contribution in [0.3, 0.4) is 0 Å². The Balaban J connectivity index is 1.73. The van der Waals surface area contributed by atoms with Crippen molar-refractivity contribution in [1.82, 2.24) is 4.98 Å². The van der Waals surface area contributed by atoms with Crippen LogP contribution in [-0.2, 0) is 18.7 Å². The van der Waals surface area contributed by atoms with E-state index in [0.29, 0.717) is 16.6 Å². The second kappa shape index (κ2) is 5.94. The molecule has 3 nitrogen and oxygen atoms in total. The van der Waals surface area contributed by atoms with E-state index in [9.17, 15) is 4.79 Å². The molecule has 0 aliphatic heterocycles. The summed E-state index contributed by atoms with van der Waals surface area (Å²) < 4.78 is 0. The molecule has 3 rings (SSSR count). The van der Waals surface area contributed by atoms with Gasteiger partial charge in [0.25, 0.3) is 5.91 Å². The summed E-state index contributed by atoms with van der Waals surface area (Å²) in [6.07, 6.45) is 4.55. The predicted molar refractivity (Wildman–Crippen MR) is 82.7 cm³/mol. The third-order valence-corrected chi connectivity index (χ3v) is 4.82. The van der Waals surface area contributed by atoms with Crippen molar-refractivity contribution >= 4 is 34.0 Å². The number of aryl methyl sites for hydroxylation is 2. The van der Waals surface area contributed by atoms with Crippen LogP contribution < -0.4 is 5.32 Å².